The summed E-state index contributed by atoms with van der Waals surface area (Å²) in [7, 11) is 0. The maximum atomic E-state index is 12.0. The number of carboxylic acid groups (broad SMARTS) is 1. The number of hydrogen-bond donors (Lipinski definition) is 1. The Balaban J connectivity index is 1.88. The van der Waals surface area contributed by atoms with Crippen LogP contribution in [0.5, 0.6) is 0 Å². The van der Waals surface area contributed by atoms with Crippen LogP contribution in [0.1, 0.15) is 40.0 Å². The van der Waals surface area contributed by atoms with Gasteiger partial charge in [-0.05, 0) is 22.3 Å². The van der Waals surface area contributed by atoms with Gasteiger partial charge in [-0.2, -0.15) is 0 Å². The number of rotatable bonds is 1. The molecule has 19 heavy (non-hydrogen) atoms. The molecule has 2 unspecified atom stereocenters. The Hall–Kier alpha value is -2.09. The molecule has 92 valence electrons. The van der Waals surface area contributed by atoms with E-state index in [1.165, 1.54) is 22.3 Å². The Labute approximate surface area is 110 Å². The first-order chi connectivity index (χ1) is 9.28. The van der Waals surface area contributed by atoms with E-state index in [1.807, 2.05) is 24.3 Å². The molecule has 0 saturated heterocycles. The molecule has 0 heterocycles. The van der Waals surface area contributed by atoms with E-state index in [1.54, 1.807) is 0 Å². The van der Waals surface area contributed by atoms with E-state index in [4.69, 9.17) is 0 Å². The summed E-state index contributed by atoms with van der Waals surface area (Å²) in [6, 6.07) is 16.5. The molecule has 0 bridgehead atoms. The molecular weight excluding hydrogens is 236 g/mol. The fourth-order valence-electron chi connectivity index (χ4n) is 4.83. The van der Waals surface area contributed by atoms with E-state index >= 15 is 0 Å². The molecule has 2 aromatic rings. The second-order valence-corrected chi connectivity index (χ2v) is 5.88. The van der Waals surface area contributed by atoms with Gasteiger partial charge in [-0.1, -0.05) is 48.5 Å². The second kappa shape index (κ2) is 2.74. The molecule has 3 aliphatic rings. The lowest BCUT2D eigenvalue weighted by Crippen LogP contribution is -2.21. The first-order valence-corrected chi connectivity index (χ1v) is 6.69. The Kier molecular flexibility index (Phi) is 1.41. The van der Waals surface area contributed by atoms with E-state index in [2.05, 4.69) is 24.3 Å². The molecule has 2 nitrogen and oxygen atoms in total. The number of aliphatic carboxylic acids is 1. The predicted molar refractivity (Wildman–Crippen MR) is 70.3 cm³/mol. The van der Waals surface area contributed by atoms with E-state index in [0.717, 1.165) is 0 Å². The van der Waals surface area contributed by atoms with Crippen LogP contribution in [0.4, 0.5) is 0 Å². The van der Waals surface area contributed by atoms with Crippen molar-refractivity contribution in [3.05, 3.63) is 70.8 Å². The minimum atomic E-state index is -0.625. The summed E-state index contributed by atoms with van der Waals surface area (Å²) >= 11 is 0. The first-order valence-electron chi connectivity index (χ1n) is 6.69. The first kappa shape index (κ1) is 9.79. The highest BCUT2D eigenvalue weighted by Gasteiger charge is 2.81. The van der Waals surface area contributed by atoms with Crippen molar-refractivity contribution >= 4 is 5.97 Å². The van der Waals surface area contributed by atoms with E-state index in [-0.39, 0.29) is 17.8 Å². The Morgan fingerprint density at radius 2 is 1.26 bits per heavy atom. The maximum absolute atomic E-state index is 12.0. The molecule has 2 aromatic carbocycles. The van der Waals surface area contributed by atoms with Crippen molar-refractivity contribution in [2.24, 2.45) is 5.41 Å². The largest absolute Gasteiger partial charge is 0.481 e. The minimum absolute atomic E-state index is 0.0624. The van der Waals surface area contributed by atoms with Gasteiger partial charge in [0.2, 0.25) is 0 Å². The normalized spacial score (nSPS) is 35.5. The summed E-state index contributed by atoms with van der Waals surface area (Å²) in [4.78, 5) is 12.0. The number of hydrogen-bond acceptors (Lipinski definition) is 1. The van der Waals surface area contributed by atoms with Gasteiger partial charge in [0.1, 0.15) is 0 Å². The van der Waals surface area contributed by atoms with Crippen LogP contribution in [-0.2, 0) is 4.79 Å². The molecule has 5 rings (SSSR count). The van der Waals surface area contributed by atoms with Gasteiger partial charge in [0.25, 0.3) is 0 Å². The molecular formula is C17H12O2. The lowest BCUT2D eigenvalue weighted by atomic mass is 9.85. The third-order valence-corrected chi connectivity index (χ3v) is 5.39. The highest BCUT2D eigenvalue weighted by molar-refractivity contribution is 5.92. The molecule has 1 N–H and O–H groups in total. The van der Waals surface area contributed by atoms with Crippen LogP contribution in [-0.4, -0.2) is 11.1 Å². The fourth-order valence-corrected chi connectivity index (χ4v) is 4.83. The van der Waals surface area contributed by atoms with Crippen molar-refractivity contribution < 1.29 is 9.90 Å². The summed E-state index contributed by atoms with van der Waals surface area (Å²) in [6.07, 6.45) is 0. The van der Waals surface area contributed by atoms with Crippen molar-refractivity contribution in [1.29, 1.82) is 0 Å². The maximum Gasteiger partial charge on any atom is 0.311 e. The highest BCUT2D eigenvalue weighted by atomic mass is 16.4. The molecule has 0 spiro atoms. The Morgan fingerprint density at radius 3 is 1.68 bits per heavy atom. The lowest BCUT2D eigenvalue weighted by molar-refractivity contribution is -0.143. The topological polar surface area (TPSA) is 37.3 Å². The van der Waals surface area contributed by atoms with Gasteiger partial charge in [-0.25, -0.2) is 0 Å². The van der Waals surface area contributed by atoms with Crippen LogP contribution >= 0.6 is 0 Å². The lowest BCUT2D eigenvalue weighted by Gasteiger charge is -2.17. The van der Waals surface area contributed by atoms with Crippen molar-refractivity contribution in [3.63, 3.8) is 0 Å². The van der Waals surface area contributed by atoms with Gasteiger partial charge in [0.15, 0.2) is 0 Å². The van der Waals surface area contributed by atoms with E-state index in [0.29, 0.717) is 0 Å². The van der Waals surface area contributed by atoms with Crippen LogP contribution in [0.3, 0.4) is 0 Å². The number of carbonyl (C=O) groups is 1. The molecule has 0 amide bonds. The summed E-state index contributed by atoms with van der Waals surface area (Å²) < 4.78 is 0. The monoisotopic (exact) mass is 248 g/mol. The van der Waals surface area contributed by atoms with Gasteiger partial charge in [-0.3, -0.25) is 4.79 Å². The van der Waals surface area contributed by atoms with E-state index < -0.39 is 11.4 Å². The quantitative estimate of drug-likeness (QED) is 0.842. The minimum Gasteiger partial charge on any atom is -0.481 e. The average molecular weight is 248 g/mol. The van der Waals surface area contributed by atoms with Crippen molar-refractivity contribution in [2.45, 2.75) is 17.8 Å². The third kappa shape index (κ3) is 0.803. The average Bonchev–Trinajstić information content (AvgIpc) is 2.94. The second-order valence-electron chi connectivity index (χ2n) is 5.88. The zero-order chi connectivity index (χ0) is 12.8. The van der Waals surface area contributed by atoms with Crippen LogP contribution in [0.25, 0.3) is 0 Å². The summed E-state index contributed by atoms with van der Waals surface area (Å²) in [6.45, 7) is 0. The summed E-state index contributed by atoms with van der Waals surface area (Å²) in [5.41, 5.74) is 4.41. The van der Waals surface area contributed by atoms with Gasteiger partial charge in [-0.15, -0.1) is 0 Å². The van der Waals surface area contributed by atoms with Crippen LogP contribution < -0.4 is 0 Å². The predicted octanol–water partition coefficient (Wildman–Crippen LogP) is 3.10. The Morgan fingerprint density at radius 1 is 0.842 bits per heavy atom. The van der Waals surface area contributed by atoms with Crippen LogP contribution in [0.2, 0.25) is 0 Å². The van der Waals surface area contributed by atoms with Gasteiger partial charge in [0.05, 0.1) is 5.41 Å². The SMILES string of the molecule is O=C(O)C12C3c4ccccc4C1C2c1ccccc13. The summed E-state index contributed by atoms with van der Waals surface area (Å²) in [5, 5.41) is 9.84. The summed E-state index contributed by atoms with van der Waals surface area (Å²) in [5.74, 6) is -0.172. The standard InChI is InChI=1S/C17H12O2/c18-16(19)17-13-9-5-1-3-7-11(9)14(17)15(17)12-8-4-2-6-10(12)13/h1-8,13-15H,(H,18,19). The molecule has 3 aliphatic carbocycles. The van der Waals surface area contributed by atoms with Gasteiger partial charge in [0, 0.05) is 17.8 Å². The smallest absolute Gasteiger partial charge is 0.311 e. The highest BCUT2D eigenvalue weighted by Crippen LogP contribution is 2.85. The fraction of sp³-hybridized carbons (Fsp3) is 0.235. The number of fused-ring (bicyclic) bond motifs is 7. The molecule has 2 heteroatoms. The molecule has 0 radical (unpaired) electrons. The number of benzene rings is 2. The number of carboxylic acids is 1. The molecule has 0 aromatic heterocycles. The third-order valence-electron chi connectivity index (χ3n) is 5.39. The van der Waals surface area contributed by atoms with Crippen LogP contribution in [0.15, 0.2) is 48.5 Å². The van der Waals surface area contributed by atoms with Crippen molar-refractivity contribution in [3.8, 4) is 0 Å². The molecule has 1 saturated carbocycles. The van der Waals surface area contributed by atoms with Gasteiger partial charge >= 0.3 is 5.97 Å². The zero-order valence-corrected chi connectivity index (χ0v) is 10.2. The molecule has 1 fully saturated rings. The van der Waals surface area contributed by atoms with E-state index in [9.17, 15) is 9.90 Å². The Bertz CT molecular complexity index is 693. The van der Waals surface area contributed by atoms with Crippen molar-refractivity contribution in [2.75, 3.05) is 0 Å². The zero-order valence-electron chi connectivity index (χ0n) is 10.2. The molecule has 2 atom stereocenters. The van der Waals surface area contributed by atoms with Crippen molar-refractivity contribution in [1.82, 2.24) is 0 Å². The van der Waals surface area contributed by atoms with Gasteiger partial charge < -0.3 is 5.11 Å². The van der Waals surface area contributed by atoms with Crippen LogP contribution in [0, 0.1) is 5.41 Å². The molecule has 0 aliphatic heterocycles.